The second-order valence-electron chi connectivity index (χ2n) is 15.9. The van der Waals surface area contributed by atoms with Crippen molar-refractivity contribution in [2.24, 2.45) is 0 Å². The number of carbonyl (C=O) groups is 2. The van der Waals surface area contributed by atoms with Crippen LogP contribution in [0.15, 0.2) is 85.1 Å². The molecule has 0 bridgehead atoms. The van der Waals surface area contributed by atoms with Crippen molar-refractivity contribution in [3.05, 3.63) is 85.1 Å². The summed E-state index contributed by atoms with van der Waals surface area (Å²) in [5.74, 6) is -1.22. The number of phosphoric ester groups is 1. The number of aliphatic hydroxyl groups excluding tert-OH is 5. The number of esters is 2. The fourth-order valence-electron chi connectivity index (χ4n) is 6.42. The van der Waals surface area contributed by atoms with Crippen LogP contribution in [0.3, 0.4) is 0 Å². The summed E-state index contributed by atoms with van der Waals surface area (Å²) < 4.78 is 33.4. The van der Waals surface area contributed by atoms with Crippen molar-refractivity contribution in [2.45, 2.75) is 198 Å². The summed E-state index contributed by atoms with van der Waals surface area (Å²) in [4.78, 5) is 35.7. The van der Waals surface area contributed by atoms with Crippen molar-refractivity contribution in [1.29, 1.82) is 0 Å². The van der Waals surface area contributed by atoms with E-state index in [0.29, 0.717) is 19.3 Å². The molecular formula is C49H81O13P. The summed E-state index contributed by atoms with van der Waals surface area (Å²) in [5, 5.41) is 50.1. The molecular weight excluding hydrogens is 827 g/mol. The maximum absolute atomic E-state index is 12.8. The van der Waals surface area contributed by atoms with Crippen molar-refractivity contribution in [2.75, 3.05) is 13.2 Å². The van der Waals surface area contributed by atoms with Gasteiger partial charge in [0.1, 0.15) is 43.2 Å². The summed E-state index contributed by atoms with van der Waals surface area (Å²) >= 11 is 0. The molecule has 360 valence electrons. The van der Waals surface area contributed by atoms with Gasteiger partial charge in [-0.1, -0.05) is 144 Å². The molecule has 0 aromatic carbocycles. The number of unbranched alkanes of at least 4 members (excludes halogenated alkanes) is 11. The Balaban J connectivity index is 2.53. The largest absolute Gasteiger partial charge is 0.472 e. The van der Waals surface area contributed by atoms with Crippen LogP contribution < -0.4 is 0 Å². The molecule has 0 amide bonds. The summed E-state index contributed by atoms with van der Waals surface area (Å²) in [6, 6.07) is 0. The van der Waals surface area contributed by atoms with Gasteiger partial charge in [-0.3, -0.25) is 18.6 Å². The van der Waals surface area contributed by atoms with Crippen molar-refractivity contribution in [1.82, 2.24) is 0 Å². The third-order valence-corrected chi connectivity index (χ3v) is 11.2. The van der Waals surface area contributed by atoms with Crippen molar-refractivity contribution >= 4 is 19.8 Å². The van der Waals surface area contributed by atoms with Crippen LogP contribution >= 0.6 is 7.82 Å². The van der Waals surface area contributed by atoms with Gasteiger partial charge in [-0.2, -0.15) is 0 Å². The number of carbonyl (C=O) groups excluding carboxylic acids is 2. The van der Waals surface area contributed by atoms with Gasteiger partial charge in [-0.05, 0) is 83.5 Å². The Bertz CT molecular complexity index is 1420. The van der Waals surface area contributed by atoms with Gasteiger partial charge in [0.25, 0.3) is 0 Å². The van der Waals surface area contributed by atoms with Crippen LogP contribution in [0, 0.1) is 0 Å². The molecule has 0 aromatic heterocycles. The van der Waals surface area contributed by atoms with E-state index < -0.39 is 75.7 Å². The molecule has 0 heterocycles. The average molecular weight is 909 g/mol. The lowest BCUT2D eigenvalue weighted by molar-refractivity contribution is -0.220. The lowest BCUT2D eigenvalue weighted by atomic mass is 9.85. The van der Waals surface area contributed by atoms with Crippen molar-refractivity contribution in [3.8, 4) is 0 Å². The lowest BCUT2D eigenvalue weighted by Crippen LogP contribution is -2.64. The van der Waals surface area contributed by atoms with Gasteiger partial charge >= 0.3 is 19.8 Å². The molecule has 6 unspecified atom stereocenters. The Kier molecular flexibility index (Phi) is 35.3. The first-order valence-corrected chi connectivity index (χ1v) is 24.9. The van der Waals surface area contributed by atoms with Crippen LogP contribution in [0.5, 0.6) is 0 Å². The molecule has 1 fully saturated rings. The molecule has 1 rings (SSSR count). The highest BCUT2D eigenvalue weighted by Gasteiger charge is 2.51. The summed E-state index contributed by atoms with van der Waals surface area (Å²) in [7, 11) is -5.14. The summed E-state index contributed by atoms with van der Waals surface area (Å²) in [6.07, 6.45) is 36.4. The van der Waals surface area contributed by atoms with Gasteiger partial charge in [0.15, 0.2) is 6.10 Å². The Labute approximate surface area is 378 Å². The van der Waals surface area contributed by atoms with E-state index in [2.05, 4.69) is 80.7 Å². The molecule has 0 saturated heterocycles. The Morgan fingerprint density at radius 3 is 1.37 bits per heavy atom. The molecule has 6 N–H and O–H groups in total. The first-order valence-electron chi connectivity index (χ1n) is 23.4. The van der Waals surface area contributed by atoms with Gasteiger partial charge in [0, 0.05) is 12.8 Å². The molecule has 1 aliphatic rings. The number of aliphatic hydroxyl groups is 5. The van der Waals surface area contributed by atoms with Crippen LogP contribution in [0.4, 0.5) is 0 Å². The number of ether oxygens (including phenoxy) is 2. The zero-order valence-corrected chi connectivity index (χ0v) is 39.0. The van der Waals surface area contributed by atoms with Crippen LogP contribution in [0.25, 0.3) is 0 Å². The van der Waals surface area contributed by atoms with Crippen LogP contribution in [-0.2, 0) is 32.7 Å². The van der Waals surface area contributed by atoms with Gasteiger partial charge in [0.2, 0.25) is 0 Å². The van der Waals surface area contributed by atoms with E-state index in [1.165, 1.54) is 38.5 Å². The smallest absolute Gasteiger partial charge is 0.462 e. The first kappa shape index (κ1) is 58.0. The fourth-order valence-corrected chi connectivity index (χ4v) is 7.39. The Morgan fingerprint density at radius 1 is 0.492 bits per heavy atom. The maximum atomic E-state index is 12.8. The highest BCUT2D eigenvalue weighted by atomic mass is 31.2. The number of rotatable bonds is 37. The van der Waals surface area contributed by atoms with Gasteiger partial charge in [-0.15, -0.1) is 0 Å². The second-order valence-corrected chi connectivity index (χ2v) is 17.3. The standard InChI is InChI=1S/C49H81O13P/c1-3-5-7-9-11-13-15-17-19-20-21-22-24-25-27-29-31-33-35-37-42(50)59-39-41(40-60-63(57,58)62-49-47(55)45(53)44(52)46(54)48(49)56)61-43(51)38-36-34-32-30-28-26-23-18-16-14-12-10-8-6-4-2/h11-14,17-19,21-23,25,27,31,33,41,44-49,52-56H,3-10,15-16,20,24,26,28-30,32,34-40H2,1-2H3,(H,57,58)/b13-11+,14-12+,19-17+,22-21+,23-18+,27-25+,33-31+/t41-,44?,45-,46?,47?,48?,49?/m0/s1. The molecule has 0 radical (unpaired) electrons. The third kappa shape index (κ3) is 30.7. The van der Waals surface area contributed by atoms with E-state index >= 15 is 0 Å². The molecule has 1 aliphatic carbocycles. The van der Waals surface area contributed by atoms with Crippen LogP contribution in [0.2, 0.25) is 0 Å². The lowest BCUT2D eigenvalue weighted by Gasteiger charge is -2.41. The zero-order chi connectivity index (χ0) is 46.4. The minimum atomic E-state index is -5.14. The van der Waals surface area contributed by atoms with E-state index in [4.69, 9.17) is 18.5 Å². The fraction of sp³-hybridized carbons (Fsp3) is 0.673. The van der Waals surface area contributed by atoms with Crippen LogP contribution in [0.1, 0.15) is 155 Å². The van der Waals surface area contributed by atoms with Crippen molar-refractivity contribution < 1.29 is 63.1 Å². The summed E-state index contributed by atoms with van der Waals surface area (Å²) in [5.41, 5.74) is 0. The normalized spacial score (nSPS) is 22.5. The molecule has 0 aliphatic heterocycles. The second kappa shape index (κ2) is 38.3. The van der Waals surface area contributed by atoms with Crippen molar-refractivity contribution in [3.63, 3.8) is 0 Å². The van der Waals surface area contributed by atoms with E-state index in [1.54, 1.807) is 0 Å². The number of hydrogen-bond donors (Lipinski definition) is 6. The van der Waals surface area contributed by atoms with Gasteiger partial charge < -0.3 is 39.9 Å². The predicted molar refractivity (Wildman–Crippen MR) is 248 cm³/mol. The van der Waals surface area contributed by atoms with Gasteiger partial charge in [-0.25, -0.2) is 4.57 Å². The molecule has 63 heavy (non-hydrogen) atoms. The van der Waals surface area contributed by atoms with E-state index in [9.17, 15) is 44.6 Å². The van der Waals surface area contributed by atoms with E-state index in [1.807, 2.05) is 18.2 Å². The number of hydrogen-bond acceptors (Lipinski definition) is 12. The average Bonchev–Trinajstić information content (AvgIpc) is 3.26. The first-order chi connectivity index (χ1) is 30.4. The monoisotopic (exact) mass is 909 g/mol. The molecule has 0 spiro atoms. The maximum Gasteiger partial charge on any atom is 0.472 e. The molecule has 13 nitrogen and oxygen atoms in total. The van der Waals surface area contributed by atoms with Crippen LogP contribution in [-0.4, -0.2) is 98.3 Å². The highest BCUT2D eigenvalue weighted by Crippen LogP contribution is 2.47. The van der Waals surface area contributed by atoms with E-state index in [-0.39, 0.29) is 12.8 Å². The number of phosphoric acid groups is 1. The minimum absolute atomic E-state index is 0.0359. The topological polar surface area (TPSA) is 210 Å². The molecule has 0 aromatic rings. The zero-order valence-electron chi connectivity index (χ0n) is 38.1. The van der Waals surface area contributed by atoms with E-state index in [0.717, 1.165) is 70.6 Å². The van der Waals surface area contributed by atoms with Gasteiger partial charge in [0.05, 0.1) is 6.61 Å². The summed E-state index contributed by atoms with van der Waals surface area (Å²) in [6.45, 7) is 3.15. The number of allylic oxidation sites excluding steroid dienone is 14. The molecule has 8 atom stereocenters. The predicted octanol–water partition coefficient (Wildman–Crippen LogP) is 9.28. The Hall–Kier alpha value is -2.97. The SMILES string of the molecule is CCCCC/C=C/C/C=C/C/C=C/C/C=C/C/C=C/CCC(=O)OC[C@@H](COP(=O)(O)OC1C(O)C(O)C(O)[C@H](O)C1O)OC(=O)CCCCCCC/C=C/C/C=C/CCCCC. The molecule has 1 saturated carbocycles. The minimum Gasteiger partial charge on any atom is -0.462 e. The highest BCUT2D eigenvalue weighted by molar-refractivity contribution is 7.47. The Morgan fingerprint density at radius 2 is 0.889 bits per heavy atom. The quantitative estimate of drug-likeness (QED) is 0.0149. The molecule has 14 heteroatoms. The third-order valence-electron chi connectivity index (χ3n) is 10.2.